The lowest BCUT2D eigenvalue weighted by Gasteiger charge is -2.25. The number of hydrogen-bond donors (Lipinski definition) is 1. The number of Topliss-reactive ketones (excluding diaryl/α,β-unsaturated/α-hetero) is 1. The van der Waals surface area contributed by atoms with Crippen LogP contribution in [0.2, 0.25) is 0 Å². The lowest BCUT2D eigenvalue weighted by atomic mass is 9.94. The molecule has 1 saturated heterocycles. The summed E-state index contributed by atoms with van der Waals surface area (Å²) in [5.74, 6) is -0.587. The van der Waals surface area contributed by atoms with E-state index in [1.54, 1.807) is 17.0 Å². The van der Waals surface area contributed by atoms with Crippen LogP contribution in [0.1, 0.15) is 62.8 Å². The van der Waals surface area contributed by atoms with E-state index in [4.69, 9.17) is 4.74 Å². The summed E-state index contributed by atoms with van der Waals surface area (Å²) in [4.78, 5) is 27.5. The second-order valence-corrected chi connectivity index (χ2v) is 7.75. The van der Waals surface area contributed by atoms with Gasteiger partial charge in [-0.2, -0.15) is 0 Å². The fourth-order valence-electron chi connectivity index (χ4n) is 3.96. The molecule has 1 N–H and O–H groups in total. The van der Waals surface area contributed by atoms with Crippen molar-refractivity contribution in [1.82, 2.24) is 4.90 Å². The average Bonchev–Trinajstić information content (AvgIpc) is 3.04. The first-order valence-electron chi connectivity index (χ1n) is 11.1. The number of ether oxygens (including phenoxy) is 1. The molecule has 1 heterocycles. The maximum Gasteiger partial charge on any atom is 0.295 e. The summed E-state index contributed by atoms with van der Waals surface area (Å²) in [5, 5.41) is 11.1. The SMILES string of the molecule is CCCCCN1C(=O)C(=O)/C(=C(\O)c2ccc(CC)cc2)C1c1ccc(OCC)cc1. The van der Waals surface area contributed by atoms with E-state index in [2.05, 4.69) is 13.8 Å². The number of rotatable bonds is 9. The lowest BCUT2D eigenvalue weighted by molar-refractivity contribution is -0.139. The number of carbonyl (C=O) groups excluding carboxylic acids is 2. The number of carbonyl (C=O) groups is 2. The van der Waals surface area contributed by atoms with Gasteiger partial charge in [0, 0.05) is 12.1 Å². The molecule has 2 aromatic carbocycles. The molecule has 5 heteroatoms. The van der Waals surface area contributed by atoms with Gasteiger partial charge in [-0.15, -0.1) is 0 Å². The molecule has 0 aromatic heterocycles. The number of benzene rings is 2. The van der Waals surface area contributed by atoms with Gasteiger partial charge in [0.05, 0.1) is 18.2 Å². The maximum absolute atomic E-state index is 13.0. The number of unbranched alkanes of at least 4 members (excludes halogenated alkanes) is 2. The first-order chi connectivity index (χ1) is 15.0. The molecule has 1 fully saturated rings. The van der Waals surface area contributed by atoms with E-state index < -0.39 is 17.7 Å². The van der Waals surface area contributed by atoms with E-state index in [0.29, 0.717) is 18.7 Å². The Hall–Kier alpha value is -3.08. The molecule has 1 atom stereocenters. The predicted octanol–water partition coefficient (Wildman–Crippen LogP) is 5.26. The van der Waals surface area contributed by atoms with Crippen LogP contribution in [0.25, 0.3) is 5.76 Å². The second kappa shape index (κ2) is 10.3. The highest BCUT2D eigenvalue weighted by molar-refractivity contribution is 6.46. The monoisotopic (exact) mass is 421 g/mol. The number of amides is 1. The second-order valence-electron chi connectivity index (χ2n) is 7.75. The van der Waals surface area contributed by atoms with Crippen molar-refractivity contribution in [2.24, 2.45) is 0 Å². The molecule has 1 aliphatic rings. The van der Waals surface area contributed by atoms with Crippen LogP contribution in [-0.2, 0) is 16.0 Å². The van der Waals surface area contributed by atoms with Crippen molar-refractivity contribution >= 4 is 17.4 Å². The number of aliphatic hydroxyl groups excluding tert-OH is 1. The minimum atomic E-state index is -0.632. The van der Waals surface area contributed by atoms with Crippen LogP contribution in [0.4, 0.5) is 0 Å². The minimum Gasteiger partial charge on any atom is -0.507 e. The van der Waals surface area contributed by atoms with Crippen molar-refractivity contribution in [2.75, 3.05) is 13.2 Å². The van der Waals surface area contributed by atoms with E-state index in [0.717, 1.165) is 42.6 Å². The Balaban J connectivity index is 2.06. The highest BCUT2D eigenvalue weighted by Gasteiger charge is 2.45. The van der Waals surface area contributed by atoms with Crippen LogP contribution >= 0.6 is 0 Å². The molecule has 0 spiro atoms. The Kier molecular flexibility index (Phi) is 7.50. The van der Waals surface area contributed by atoms with Gasteiger partial charge in [-0.1, -0.05) is 63.1 Å². The molecule has 2 aromatic rings. The van der Waals surface area contributed by atoms with Crippen LogP contribution in [0.5, 0.6) is 5.75 Å². The third-order valence-corrected chi connectivity index (χ3v) is 5.68. The summed E-state index contributed by atoms with van der Waals surface area (Å²) >= 11 is 0. The molecule has 0 radical (unpaired) electrons. The largest absolute Gasteiger partial charge is 0.507 e. The van der Waals surface area contributed by atoms with Gasteiger partial charge >= 0.3 is 0 Å². The van der Waals surface area contributed by atoms with Crippen molar-refractivity contribution in [2.45, 2.75) is 52.5 Å². The first kappa shape index (κ1) is 22.6. The number of likely N-dealkylation sites (tertiary alicyclic amines) is 1. The van der Waals surface area contributed by atoms with Gasteiger partial charge in [-0.05, 0) is 43.0 Å². The summed E-state index contributed by atoms with van der Waals surface area (Å²) in [6.07, 6.45) is 3.68. The molecule has 31 heavy (non-hydrogen) atoms. The fourth-order valence-corrected chi connectivity index (χ4v) is 3.96. The lowest BCUT2D eigenvalue weighted by Crippen LogP contribution is -2.30. The average molecular weight is 422 g/mol. The molecule has 1 aliphatic heterocycles. The predicted molar refractivity (Wildman–Crippen MR) is 122 cm³/mol. The van der Waals surface area contributed by atoms with Crippen molar-refractivity contribution in [3.63, 3.8) is 0 Å². The number of hydrogen-bond acceptors (Lipinski definition) is 4. The van der Waals surface area contributed by atoms with E-state index >= 15 is 0 Å². The van der Waals surface area contributed by atoms with Crippen molar-refractivity contribution in [3.8, 4) is 5.75 Å². The number of aryl methyl sites for hydroxylation is 1. The van der Waals surface area contributed by atoms with Gasteiger partial charge in [0.2, 0.25) is 0 Å². The third kappa shape index (κ3) is 4.82. The molecule has 0 saturated carbocycles. The molecular formula is C26H31NO4. The quantitative estimate of drug-likeness (QED) is 0.260. The summed E-state index contributed by atoms with van der Waals surface area (Å²) in [7, 11) is 0. The normalized spacial score (nSPS) is 17.9. The van der Waals surface area contributed by atoms with Gasteiger partial charge in [-0.25, -0.2) is 0 Å². The van der Waals surface area contributed by atoms with E-state index in [1.165, 1.54) is 0 Å². The Morgan fingerprint density at radius 2 is 1.65 bits per heavy atom. The van der Waals surface area contributed by atoms with Gasteiger partial charge in [0.25, 0.3) is 11.7 Å². The molecule has 3 rings (SSSR count). The van der Waals surface area contributed by atoms with Crippen molar-refractivity contribution in [1.29, 1.82) is 0 Å². The van der Waals surface area contributed by atoms with Crippen LogP contribution in [0.15, 0.2) is 54.1 Å². The molecule has 1 unspecified atom stereocenters. The summed E-state index contributed by atoms with van der Waals surface area (Å²) in [6.45, 7) is 7.10. The molecular weight excluding hydrogens is 390 g/mol. The smallest absolute Gasteiger partial charge is 0.295 e. The Morgan fingerprint density at radius 1 is 0.968 bits per heavy atom. The molecule has 0 bridgehead atoms. The maximum atomic E-state index is 13.0. The zero-order chi connectivity index (χ0) is 22.4. The van der Waals surface area contributed by atoms with Crippen molar-refractivity contribution < 1.29 is 19.4 Å². The topological polar surface area (TPSA) is 66.8 Å². The van der Waals surface area contributed by atoms with E-state index in [-0.39, 0.29) is 11.3 Å². The Labute approximate surface area is 184 Å². The van der Waals surface area contributed by atoms with Gasteiger partial charge in [-0.3, -0.25) is 9.59 Å². The van der Waals surface area contributed by atoms with Crippen molar-refractivity contribution in [3.05, 3.63) is 70.8 Å². The standard InChI is InChI=1S/C26H31NO4/c1-4-7-8-17-27-23(19-13-15-21(16-14-19)31-6-3)22(25(29)26(27)30)24(28)20-11-9-18(5-2)10-12-20/h9-16,23,28H,4-8,17H2,1-3H3/b24-22-. The molecule has 0 aliphatic carbocycles. The van der Waals surface area contributed by atoms with Gasteiger partial charge < -0.3 is 14.7 Å². The number of ketones is 1. The van der Waals surface area contributed by atoms with Crippen LogP contribution in [-0.4, -0.2) is 34.8 Å². The third-order valence-electron chi connectivity index (χ3n) is 5.68. The minimum absolute atomic E-state index is 0.127. The molecule has 164 valence electrons. The fraction of sp³-hybridized carbons (Fsp3) is 0.385. The van der Waals surface area contributed by atoms with E-state index in [9.17, 15) is 14.7 Å². The van der Waals surface area contributed by atoms with Gasteiger partial charge in [0.1, 0.15) is 11.5 Å². The number of aliphatic hydroxyl groups is 1. The van der Waals surface area contributed by atoms with Gasteiger partial charge in [0.15, 0.2) is 0 Å². The van der Waals surface area contributed by atoms with E-state index in [1.807, 2.05) is 43.3 Å². The molecule has 5 nitrogen and oxygen atoms in total. The van der Waals surface area contributed by atoms with Crippen LogP contribution in [0, 0.1) is 0 Å². The number of nitrogens with zero attached hydrogens (tertiary/aromatic N) is 1. The zero-order valence-corrected chi connectivity index (χ0v) is 18.6. The highest BCUT2D eigenvalue weighted by atomic mass is 16.5. The van der Waals surface area contributed by atoms with Crippen LogP contribution in [0.3, 0.4) is 0 Å². The Morgan fingerprint density at radius 3 is 2.23 bits per heavy atom. The molecule has 1 amide bonds. The highest BCUT2D eigenvalue weighted by Crippen LogP contribution is 2.40. The summed E-state index contributed by atoms with van der Waals surface area (Å²) < 4.78 is 5.53. The summed E-state index contributed by atoms with van der Waals surface area (Å²) in [5.41, 5.74) is 2.61. The Bertz CT molecular complexity index is 944. The first-order valence-corrected chi connectivity index (χ1v) is 11.1. The van der Waals surface area contributed by atoms with Crippen LogP contribution < -0.4 is 4.74 Å². The summed E-state index contributed by atoms with van der Waals surface area (Å²) in [6, 6.07) is 14.2. The zero-order valence-electron chi connectivity index (χ0n) is 18.6.